The van der Waals surface area contributed by atoms with Crippen LogP contribution in [0.3, 0.4) is 0 Å². The molecule has 0 saturated carbocycles. The summed E-state index contributed by atoms with van der Waals surface area (Å²) in [6.45, 7) is 6.54. The van der Waals surface area contributed by atoms with Gasteiger partial charge in [-0.3, -0.25) is 14.4 Å². The predicted octanol–water partition coefficient (Wildman–Crippen LogP) is 1.51. The highest BCUT2D eigenvalue weighted by Crippen LogP contribution is 2.20. The molecule has 0 spiro atoms. The first-order valence-electron chi connectivity index (χ1n) is 6.68. The molecule has 0 aliphatic carbocycles. The maximum absolute atomic E-state index is 11.2. The molecule has 1 aromatic heterocycles. The molecule has 1 aromatic rings. The summed E-state index contributed by atoms with van der Waals surface area (Å²) in [5.74, 6) is -0.703. The standard InChI is InChI=1S/C13H21N3O2/c1-3-10-8-11(16(4-2)14-10)9-15-7-5-6-12(15)13(17)18/h8,12H,3-7,9H2,1-2H3,(H,17,18). The Kier molecular flexibility index (Phi) is 4.01. The highest BCUT2D eigenvalue weighted by molar-refractivity contribution is 5.73. The minimum atomic E-state index is -0.703. The molecular weight excluding hydrogens is 230 g/mol. The lowest BCUT2D eigenvalue weighted by molar-refractivity contribution is -0.142. The van der Waals surface area contributed by atoms with Crippen LogP contribution in [0, 0.1) is 0 Å². The van der Waals surface area contributed by atoms with E-state index >= 15 is 0 Å². The van der Waals surface area contributed by atoms with Gasteiger partial charge in [-0.05, 0) is 38.8 Å². The van der Waals surface area contributed by atoms with E-state index in [4.69, 9.17) is 0 Å². The number of hydrogen-bond donors (Lipinski definition) is 1. The number of likely N-dealkylation sites (tertiary alicyclic amines) is 1. The van der Waals surface area contributed by atoms with Crippen molar-refractivity contribution in [2.24, 2.45) is 0 Å². The molecule has 1 fully saturated rings. The molecule has 1 aliphatic rings. The Balaban J connectivity index is 2.13. The van der Waals surface area contributed by atoms with Crippen LogP contribution in [0.25, 0.3) is 0 Å². The van der Waals surface area contributed by atoms with Gasteiger partial charge < -0.3 is 5.11 Å². The molecule has 1 N–H and O–H groups in total. The van der Waals surface area contributed by atoms with Crippen molar-refractivity contribution in [3.63, 3.8) is 0 Å². The zero-order valence-corrected chi connectivity index (χ0v) is 11.1. The molecular formula is C13H21N3O2. The first-order valence-corrected chi connectivity index (χ1v) is 6.68. The van der Waals surface area contributed by atoms with Gasteiger partial charge in [-0.1, -0.05) is 6.92 Å². The number of carboxylic acid groups (broad SMARTS) is 1. The average molecular weight is 251 g/mol. The second-order valence-corrected chi connectivity index (χ2v) is 4.76. The van der Waals surface area contributed by atoms with Gasteiger partial charge in [-0.25, -0.2) is 0 Å². The number of aryl methyl sites for hydroxylation is 2. The third kappa shape index (κ3) is 2.56. The molecule has 0 radical (unpaired) electrons. The van der Waals surface area contributed by atoms with Crippen molar-refractivity contribution in [3.05, 3.63) is 17.5 Å². The van der Waals surface area contributed by atoms with E-state index in [1.165, 1.54) is 0 Å². The van der Waals surface area contributed by atoms with Crippen LogP contribution in [0.4, 0.5) is 0 Å². The predicted molar refractivity (Wildman–Crippen MR) is 68.3 cm³/mol. The van der Waals surface area contributed by atoms with Crippen molar-refractivity contribution in [2.45, 2.75) is 52.2 Å². The summed E-state index contributed by atoms with van der Waals surface area (Å²) in [6.07, 6.45) is 2.65. The highest BCUT2D eigenvalue weighted by Gasteiger charge is 2.30. The Morgan fingerprint density at radius 1 is 1.56 bits per heavy atom. The van der Waals surface area contributed by atoms with E-state index < -0.39 is 5.97 Å². The topological polar surface area (TPSA) is 58.4 Å². The molecule has 5 nitrogen and oxygen atoms in total. The Morgan fingerprint density at radius 3 is 2.94 bits per heavy atom. The van der Waals surface area contributed by atoms with Crippen LogP contribution in [0.15, 0.2) is 6.07 Å². The fraction of sp³-hybridized carbons (Fsp3) is 0.692. The van der Waals surface area contributed by atoms with E-state index in [1.807, 2.05) is 9.58 Å². The number of aromatic nitrogens is 2. The van der Waals surface area contributed by atoms with Gasteiger partial charge in [0, 0.05) is 13.1 Å². The van der Waals surface area contributed by atoms with Gasteiger partial charge in [0.25, 0.3) is 0 Å². The number of carboxylic acids is 1. The monoisotopic (exact) mass is 251 g/mol. The molecule has 18 heavy (non-hydrogen) atoms. The van der Waals surface area contributed by atoms with E-state index in [0.717, 1.165) is 43.7 Å². The van der Waals surface area contributed by atoms with Crippen LogP contribution in [-0.4, -0.2) is 38.3 Å². The molecule has 1 saturated heterocycles. The number of rotatable bonds is 5. The molecule has 1 aliphatic heterocycles. The van der Waals surface area contributed by atoms with Gasteiger partial charge in [0.15, 0.2) is 0 Å². The number of nitrogens with zero attached hydrogens (tertiary/aromatic N) is 3. The van der Waals surface area contributed by atoms with E-state index in [2.05, 4.69) is 25.0 Å². The number of carbonyl (C=O) groups is 1. The van der Waals surface area contributed by atoms with Crippen LogP contribution in [0.1, 0.15) is 38.1 Å². The smallest absolute Gasteiger partial charge is 0.320 e. The van der Waals surface area contributed by atoms with Crippen molar-refractivity contribution in [3.8, 4) is 0 Å². The van der Waals surface area contributed by atoms with Gasteiger partial charge in [-0.2, -0.15) is 5.10 Å². The maximum Gasteiger partial charge on any atom is 0.320 e. The quantitative estimate of drug-likeness (QED) is 0.862. The summed E-state index contributed by atoms with van der Waals surface area (Å²) in [6, 6.07) is 1.77. The molecule has 0 amide bonds. The number of hydrogen-bond acceptors (Lipinski definition) is 3. The van der Waals surface area contributed by atoms with E-state index in [-0.39, 0.29) is 6.04 Å². The molecule has 0 aromatic carbocycles. The maximum atomic E-state index is 11.2. The van der Waals surface area contributed by atoms with Crippen molar-refractivity contribution in [1.82, 2.24) is 14.7 Å². The van der Waals surface area contributed by atoms with Crippen LogP contribution < -0.4 is 0 Å². The SMILES string of the molecule is CCc1cc(CN2CCCC2C(=O)O)n(CC)n1. The summed E-state index contributed by atoms with van der Waals surface area (Å²) in [5, 5.41) is 13.7. The fourth-order valence-corrected chi connectivity index (χ4v) is 2.59. The normalized spacial score (nSPS) is 20.4. The third-order valence-corrected chi connectivity index (χ3v) is 3.59. The van der Waals surface area contributed by atoms with Gasteiger partial charge in [-0.15, -0.1) is 0 Å². The highest BCUT2D eigenvalue weighted by atomic mass is 16.4. The fourth-order valence-electron chi connectivity index (χ4n) is 2.59. The molecule has 100 valence electrons. The Labute approximate surface area is 107 Å². The summed E-state index contributed by atoms with van der Waals surface area (Å²) < 4.78 is 1.98. The zero-order chi connectivity index (χ0) is 13.1. The third-order valence-electron chi connectivity index (χ3n) is 3.59. The first kappa shape index (κ1) is 13.1. The van der Waals surface area contributed by atoms with Gasteiger partial charge in [0.05, 0.1) is 11.4 Å². The molecule has 1 atom stereocenters. The molecule has 5 heteroatoms. The Morgan fingerprint density at radius 2 is 2.33 bits per heavy atom. The summed E-state index contributed by atoms with van der Waals surface area (Å²) in [7, 11) is 0. The van der Waals surface area contributed by atoms with Gasteiger partial charge >= 0.3 is 5.97 Å². The zero-order valence-electron chi connectivity index (χ0n) is 11.1. The lowest BCUT2D eigenvalue weighted by atomic mass is 10.2. The van der Waals surface area contributed by atoms with Crippen molar-refractivity contribution >= 4 is 5.97 Å². The van der Waals surface area contributed by atoms with Crippen LogP contribution >= 0.6 is 0 Å². The van der Waals surface area contributed by atoms with Crippen molar-refractivity contribution in [2.75, 3.05) is 6.54 Å². The van der Waals surface area contributed by atoms with Crippen LogP contribution in [0.5, 0.6) is 0 Å². The van der Waals surface area contributed by atoms with Crippen LogP contribution in [0.2, 0.25) is 0 Å². The molecule has 0 bridgehead atoms. The lowest BCUT2D eigenvalue weighted by Gasteiger charge is -2.21. The second-order valence-electron chi connectivity index (χ2n) is 4.76. The minimum Gasteiger partial charge on any atom is -0.480 e. The van der Waals surface area contributed by atoms with Crippen molar-refractivity contribution < 1.29 is 9.90 Å². The summed E-state index contributed by atoms with van der Waals surface area (Å²) in [5.41, 5.74) is 2.21. The second kappa shape index (κ2) is 5.52. The molecule has 2 rings (SSSR count). The summed E-state index contributed by atoms with van der Waals surface area (Å²) >= 11 is 0. The Bertz CT molecular complexity index is 428. The van der Waals surface area contributed by atoms with Crippen molar-refractivity contribution in [1.29, 1.82) is 0 Å². The van der Waals surface area contributed by atoms with Gasteiger partial charge in [0.2, 0.25) is 0 Å². The van der Waals surface area contributed by atoms with Crippen LogP contribution in [-0.2, 0) is 24.3 Å². The van der Waals surface area contributed by atoms with E-state index in [1.54, 1.807) is 0 Å². The number of aliphatic carboxylic acids is 1. The summed E-state index contributed by atoms with van der Waals surface area (Å²) in [4.78, 5) is 13.2. The van der Waals surface area contributed by atoms with E-state index in [0.29, 0.717) is 6.54 Å². The molecule has 1 unspecified atom stereocenters. The van der Waals surface area contributed by atoms with Gasteiger partial charge in [0.1, 0.15) is 6.04 Å². The Hall–Kier alpha value is -1.36. The minimum absolute atomic E-state index is 0.324. The lowest BCUT2D eigenvalue weighted by Crippen LogP contribution is -2.35. The largest absolute Gasteiger partial charge is 0.480 e. The first-order chi connectivity index (χ1) is 8.65. The molecule has 2 heterocycles. The van der Waals surface area contributed by atoms with E-state index in [9.17, 15) is 9.90 Å². The average Bonchev–Trinajstić information content (AvgIpc) is 2.95.